The van der Waals surface area contributed by atoms with Gasteiger partial charge < -0.3 is 16.2 Å². The SMILES string of the molecule is CC(C)(C)C(CCO)NC(=O)c1c(N)cccc1Cl. The van der Waals surface area contributed by atoms with Crippen LogP contribution in [0.25, 0.3) is 0 Å². The Kier molecular flexibility index (Phi) is 5.20. The maximum absolute atomic E-state index is 12.3. The number of hydrogen-bond donors (Lipinski definition) is 3. The maximum Gasteiger partial charge on any atom is 0.255 e. The number of amides is 1. The van der Waals surface area contributed by atoms with Crippen molar-refractivity contribution in [3.8, 4) is 0 Å². The molecule has 1 aromatic rings. The van der Waals surface area contributed by atoms with E-state index in [1.165, 1.54) is 0 Å². The molecule has 0 aromatic heterocycles. The number of hydrogen-bond acceptors (Lipinski definition) is 3. The molecule has 1 amide bonds. The summed E-state index contributed by atoms with van der Waals surface area (Å²) in [5, 5.41) is 12.3. The Morgan fingerprint density at radius 2 is 2.11 bits per heavy atom. The van der Waals surface area contributed by atoms with Gasteiger partial charge in [-0.05, 0) is 24.0 Å². The van der Waals surface area contributed by atoms with Gasteiger partial charge in [0, 0.05) is 18.3 Å². The first-order valence-corrected chi connectivity index (χ1v) is 6.61. The predicted octanol–water partition coefficient (Wildman–Crippen LogP) is 2.45. The van der Waals surface area contributed by atoms with Crippen LogP contribution in [0.1, 0.15) is 37.6 Å². The molecule has 0 bridgehead atoms. The number of benzene rings is 1. The number of anilines is 1. The van der Waals surface area contributed by atoms with E-state index in [9.17, 15) is 4.79 Å². The summed E-state index contributed by atoms with van der Waals surface area (Å²) in [6.45, 7) is 6.02. The molecule has 0 aliphatic carbocycles. The standard InChI is InChI=1S/C14H21ClN2O2/c1-14(2,3)11(7-8-18)17-13(19)12-9(15)5-4-6-10(12)16/h4-6,11,18H,7-8,16H2,1-3H3,(H,17,19). The lowest BCUT2D eigenvalue weighted by molar-refractivity contribution is 0.0886. The third-order valence-electron chi connectivity index (χ3n) is 3.04. The molecule has 1 unspecified atom stereocenters. The van der Waals surface area contributed by atoms with Crippen LogP contribution < -0.4 is 11.1 Å². The highest BCUT2D eigenvalue weighted by atomic mass is 35.5. The van der Waals surface area contributed by atoms with Crippen molar-refractivity contribution in [3.63, 3.8) is 0 Å². The molecule has 4 nitrogen and oxygen atoms in total. The van der Waals surface area contributed by atoms with Crippen molar-refractivity contribution >= 4 is 23.2 Å². The number of aliphatic hydroxyl groups is 1. The largest absolute Gasteiger partial charge is 0.398 e. The fourth-order valence-electron chi connectivity index (χ4n) is 1.86. The van der Waals surface area contributed by atoms with Crippen LogP contribution in [0.4, 0.5) is 5.69 Å². The highest BCUT2D eigenvalue weighted by Gasteiger charge is 2.27. The molecule has 0 radical (unpaired) electrons. The minimum absolute atomic E-state index is 0.0141. The molecule has 0 saturated carbocycles. The molecule has 1 atom stereocenters. The van der Waals surface area contributed by atoms with E-state index >= 15 is 0 Å². The second-order valence-corrected chi connectivity index (χ2v) is 6.02. The molecule has 5 heteroatoms. The van der Waals surface area contributed by atoms with Gasteiger partial charge in [-0.1, -0.05) is 38.4 Å². The van der Waals surface area contributed by atoms with Crippen LogP contribution in [0.2, 0.25) is 5.02 Å². The summed E-state index contributed by atoms with van der Waals surface area (Å²) in [6.07, 6.45) is 0.486. The Morgan fingerprint density at radius 1 is 1.47 bits per heavy atom. The summed E-state index contributed by atoms with van der Waals surface area (Å²) in [4.78, 5) is 12.3. The second kappa shape index (κ2) is 6.26. The van der Waals surface area contributed by atoms with Gasteiger partial charge in [0.25, 0.3) is 5.91 Å². The highest BCUT2D eigenvalue weighted by molar-refractivity contribution is 6.34. The van der Waals surface area contributed by atoms with Gasteiger partial charge in [-0.2, -0.15) is 0 Å². The van der Waals surface area contributed by atoms with Crippen LogP contribution in [0.3, 0.4) is 0 Å². The number of rotatable bonds is 4. The normalized spacial score (nSPS) is 13.1. The van der Waals surface area contributed by atoms with Gasteiger partial charge in [-0.15, -0.1) is 0 Å². The van der Waals surface area contributed by atoms with E-state index < -0.39 is 0 Å². The van der Waals surface area contributed by atoms with Crippen molar-refractivity contribution in [2.24, 2.45) is 5.41 Å². The van der Waals surface area contributed by atoms with Crippen LogP contribution in [-0.2, 0) is 0 Å². The first-order chi connectivity index (χ1) is 8.77. The van der Waals surface area contributed by atoms with E-state index in [2.05, 4.69) is 5.32 Å². The fraction of sp³-hybridized carbons (Fsp3) is 0.500. The molecule has 0 aliphatic heterocycles. The molecule has 0 spiro atoms. The fourth-order valence-corrected chi connectivity index (χ4v) is 2.13. The van der Waals surface area contributed by atoms with E-state index in [1.54, 1.807) is 18.2 Å². The highest BCUT2D eigenvalue weighted by Crippen LogP contribution is 2.25. The number of nitrogens with one attached hydrogen (secondary N) is 1. The quantitative estimate of drug-likeness (QED) is 0.744. The summed E-state index contributed by atoms with van der Waals surface area (Å²) < 4.78 is 0. The molecular formula is C14H21ClN2O2. The van der Waals surface area contributed by atoms with Gasteiger partial charge in [0.05, 0.1) is 10.6 Å². The molecule has 4 N–H and O–H groups in total. The first-order valence-electron chi connectivity index (χ1n) is 6.23. The lowest BCUT2D eigenvalue weighted by Crippen LogP contribution is -2.44. The van der Waals surface area contributed by atoms with E-state index in [0.29, 0.717) is 17.1 Å². The average molecular weight is 285 g/mol. The lowest BCUT2D eigenvalue weighted by atomic mass is 9.84. The summed E-state index contributed by atoms with van der Waals surface area (Å²) in [5.41, 5.74) is 6.27. The van der Waals surface area contributed by atoms with Gasteiger partial charge in [0.15, 0.2) is 0 Å². The zero-order chi connectivity index (χ0) is 14.6. The summed E-state index contributed by atoms with van der Waals surface area (Å²) in [5.74, 6) is -0.309. The topological polar surface area (TPSA) is 75.3 Å². The summed E-state index contributed by atoms with van der Waals surface area (Å²) in [6, 6.07) is 4.81. The predicted molar refractivity (Wildman–Crippen MR) is 78.3 cm³/mol. The van der Waals surface area contributed by atoms with Gasteiger partial charge >= 0.3 is 0 Å². The number of aliphatic hydroxyl groups excluding tert-OH is 1. The number of halogens is 1. The Hall–Kier alpha value is -1.26. The molecule has 19 heavy (non-hydrogen) atoms. The van der Waals surface area contributed by atoms with Gasteiger partial charge in [-0.25, -0.2) is 0 Å². The number of nitrogen functional groups attached to an aromatic ring is 1. The summed E-state index contributed by atoms with van der Waals surface area (Å²) in [7, 11) is 0. The van der Waals surface area contributed by atoms with Crippen LogP contribution in [0, 0.1) is 5.41 Å². The Bertz CT molecular complexity index is 435. The Balaban J connectivity index is 2.95. The molecule has 1 aromatic carbocycles. The van der Waals surface area contributed by atoms with Crippen molar-refractivity contribution in [3.05, 3.63) is 28.8 Å². The van der Waals surface area contributed by atoms with Crippen molar-refractivity contribution in [1.29, 1.82) is 0 Å². The Labute approximate surface area is 118 Å². The third kappa shape index (κ3) is 4.11. The van der Waals surface area contributed by atoms with Crippen molar-refractivity contribution < 1.29 is 9.90 Å². The number of carbonyl (C=O) groups is 1. The average Bonchev–Trinajstić information content (AvgIpc) is 2.27. The Morgan fingerprint density at radius 3 is 2.58 bits per heavy atom. The van der Waals surface area contributed by atoms with Crippen LogP contribution in [-0.4, -0.2) is 23.7 Å². The molecule has 0 saturated heterocycles. The molecule has 0 heterocycles. The third-order valence-corrected chi connectivity index (χ3v) is 3.36. The summed E-state index contributed by atoms with van der Waals surface area (Å²) >= 11 is 6.01. The van der Waals surface area contributed by atoms with E-state index in [4.69, 9.17) is 22.4 Å². The zero-order valence-corrected chi connectivity index (χ0v) is 12.3. The van der Waals surface area contributed by atoms with Gasteiger partial charge in [-0.3, -0.25) is 4.79 Å². The van der Waals surface area contributed by atoms with E-state index in [-0.39, 0.29) is 29.5 Å². The number of carbonyl (C=O) groups excluding carboxylic acids is 1. The molecule has 0 fully saturated rings. The number of nitrogens with two attached hydrogens (primary N) is 1. The van der Waals surface area contributed by atoms with Crippen LogP contribution in [0.5, 0.6) is 0 Å². The molecule has 106 valence electrons. The smallest absolute Gasteiger partial charge is 0.255 e. The molecule has 1 rings (SSSR count). The van der Waals surface area contributed by atoms with Crippen LogP contribution in [0.15, 0.2) is 18.2 Å². The van der Waals surface area contributed by atoms with Crippen LogP contribution >= 0.6 is 11.6 Å². The minimum atomic E-state index is -0.309. The lowest BCUT2D eigenvalue weighted by Gasteiger charge is -2.31. The minimum Gasteiger partial charge on any atom is -0.398 e. The van der Waals surface area contributed by atoms with Gasteiger partial charge in [0.2, 0.25) is 0 Å². The maximum atomic E-state index is 12.3. The monoisotopic (exact) mass is 284 g/mol. The molecular weight excluding hydrogens is 264 g/mol. The molecule has 0 aliphatic rings. The second-order valence-electron chi connectivity index (χ2n) is 5.61. The zero-order valence-electron chi connectivity index (χ0n) is 11.5. The first kappa shape index (κ1) is 15.8. The van der Waals surface area contributed by atoms with E-state index in [1.807, 2.05) is 20.8 Å². The van der Waals surface area contributed by atoms with Gasteiger partial charge in [0.1, 0.15) is 0 Å². The van der Waals surface area contributed by atoms with Crippen molar-refractivity contribution in [1.82, 2.24) is 5.32 Å². The van der Waals surface area contributed by atoms with Crippen molar-refractivity contribution in [2.75, 3.05) is 12.3 Å². The van der Waals surface area contributed by atoms with E-state index in [0.717, 1.165) is 0 Å². The van der Waals surface area contributed by atoms with Crippen molar-refractivity contribution in [2.45, 2.75) is 33.2 Å².